The normalized spacial score (nSPS) is 23.3. The highest BCUT2D eigenvalue weighted by Gasteiger charge is 2.46. The van der Waals surface area contributed by atoms with Crippen molar-refractivity contribution in [3.63, 3.8) is 0 Å². The summed E-state index contributed by atoms with van der Waals surface area (Å²) in [7, 11) is 0. The second-order valence-corrected chi connectivity index (χ2v) is 4.95. The van der Waals surface area contributed by atoms with Crippen LogP contribution in [-0.2, 0) is 14.3 Å². The van der Waals surface area contributed by atoms with Gasteiger partial charge in [0.1, 0.15) is 18.8 Å². The molecule has 0 aromatic heterocycles. The average molecular weight is 306 g/mol. The fourth-order valence-corrected chi connectivity index (χ4v) is 1.99. The topological polar surface area (TPSA) is 55.8 Å². The van der Waals surface area contributed by atoms with Gasteiger partial charge < -0.3 is 9.47 Å². The Balaban J connectivity index is 2.63. The first-order valence-corrected chi connectivity index (χ1v) is 6.06. The molecule has 0 saturated carbocycles. The summed E-state index contributed by atoms with van der Waals surface area (Å²) in [6.07, 6.45) is 1.59. The second-order valence-electron chi connectivity index (χ2n) is 4.24. The van der Waals surface area contributed by atoms with Gasteiger partial charge in [-0.3, -0.25) is 0 Å². The first kappa shape index (κ1) is 14.0. The number of cyclic esters (lactones) is 1. The molecule has 1 fully saturated rings. The van der Waals surface area contributed by atoms with Crippen LogP contribution in [0.2, 0.25) is 0 Å². The molecule has 0 bridgehead atoms. The van der Waals surface area contributed by atoms with E-state index in [2.05, 4.69) is 16.1 Å². The van der Waals surface area contributed by atoms with E-state index >= 15 is 0 Å². The maximum Gasteiger partial charge on any atom is 0.420 e. The summed E-state index contributed by atoms with van der Waals surface area (Å²) in [5, 5.41) is 0. The summed E-state index contributed by atoms with van der Waals surface area (Å²) < 4.78 is 11.4. The van der Waals surface area contributed by atoms with Crippen LogP contribution in [0.25, 0.3) is 0 Å². The molecule has 1 aliphatic heterocycles. The van der Waals surface area contributed by atoms with E-state index in [9.17, 15) is 9.59 Å². The van der Waals surface area contributed by atoms with Crippen molar-refractivity contribution < 1.29 is 19.1 Å². The highest BCUT2D eigenvalue weighted by molar-refractivity contribution is 9.07. The summed E-state index contributed by atoms with van der Waals surface area (Å²) in [5.74, 6) is -0.405. The molecule has 0 aromatic carbocycles. The molecule has 0 N–H and O–H groups in total. The molecule has 5 nitrogen and oxygen atoms in total. The summed E-state index contributed by atoms with van der Waals surface area (Å²) in [5.41, 5.74) is 0.261. The molecular formula is C11H16BrNO4. The molecule has 6 heteroatoms. The second kappa shape index (κ2) is 5.53. The Hall–Kier alpha value is -1.04. The number of rotatable bonds is 4. The van der Waals surface area contributed by atoms with E-state index < -0.39 is 17.6 Å². The Kier molecular flexibility index (Phi) is 4.56. The Labute approximate surface area is 109 Å². The summed E-state index contributed by atoms with van der Waals surface area (Å²) >= 11 is 3.14. The minimum atomic E-state index is -0.609. The van der Waals surface area contributed by atoms with Gasteiger partial charge in [0.25, 0.3) is 0 Å². The van der Waals surface area contributed by atoms with Crippen molar-refractivity contribution in [1.82, 2.24) is 3.93 Å². The highest BCUT2D eigenvalue weighted by Crippen LogP contribution is 2.31. The molecule has 0 radical (unpaired) electrons. The molecule has 0 spiro atoms. The van der Waals surface area contributed by atoms with E-state index in [4.69, 9.17) is 9.47 Å². The standard InChI is InChI=1S/C11H16BrNO4/c1-4-11(7-17-10(15)13(11)12)6-16-9(14)5-8(2)3/h5H,4,6-7H2,1-3H3. The third kappa shape index (κ3) is 3.21. The number of carbonyl (C=O) groups is 2. The lowest BCUT2D eigenvalue weighted by Gasteiger charge is -2.28. The molecule has 1 saturated heterocycles. The third-order valence-electron chi connectivity index (χ3n) is 2.59. The maximum absolute atomic E-state index is 11.4. The van der Waals surface area contributed by atoms with E-state index in [0.717, 1.165) is 5.57 Å². The molecule has 17 heavy (non-hydrogen) atoms. The molecule has 1 amide bonds. The van der Waals surface area contributed by atoms with Gasteiger partial charge in [-0.15, -0.1) is 0 Å². The summed E-state index contributed by atoms with van der Waals surface area (Å²) in [4.78, 5) is 22.7. The van der Waals surface area contributed by atoms with Crippen LogP contribution in [0.1, 0.15) is 27.2 Å². The first-order valence-electron chi connectivity index (χ1n) is 5.36. The lowest BCUT2D eigenvalue weighted by molar-refractivity contribution is -0.140. The van der Waals surface area contributed by atoms with Gasteiger partial charge in [0.05, 0.1) is 16.1 Å². The van der Waals surface area contributed by atoms with Gasteiger partial charge in [-0.1, -0.05) is 12.5 Å². The van der Waals surface area contributed by atoms with Crippen molar-refractivity contribution in [2.75, 3.05) is 13.2 Å². The Bertz CT molecular complexity index is 351. The Morgan fingerprint density at radius 2 is 2.29 bits per heavy atom. The number of nitrogens with zero attached hydrogens (tertiary/aromatic N) is 1. The van der Waals surface area contributed by atoms with Crippen molar-refractivity contribution in [1.29, 1.82) is 0 Å². The SMILES string of the molecule is CCC1(COC(=O)C=C(C)C)COC(=O)N1Br. The molecule has 1 heterocycles. The number of hydrogen-bond acceptors (Lipinski definition) is 4. The largest absolute Gasteiger partial charge is 0.460 e. The minimum absolute atomic E-state index is 0.114. The zero-order valence-electron chi connectivity index (χ0n) is 10.2. The van der Waals surface area contributed by atoms with E-state index in [-0.39, 0.29) is 13.2 Å². The summed E-state index contributed by atoms with van der Waals surface area (Å²) in [6.45, 7) is 5.87. The predicted octanol–water partition coefficient (Wildman–Crippen LogP) is 2.41. The van der Waals surface area contributed by atoms with Crippen molar-refractivity contribution in [3.8, 4) is 0 Å². The van der Waals surface area contributed by atoms with Crippen LogP contribution >= 0.6 is 16.1 Å². The first-order chi connectivity index (χ1) is 7.91. The highest BCUT2D eigenvalue weighted by atomic mass is 79.9. The van der Waals surface area contributed by atoms with Crippen LogP contribution in [0.4, 0.5) is 4.79 Å². The van der Waals surface area contributed by atoms with Crippen LogP contribution in [0.3, 0.4) is 0 Å². The van der Waals surface area contributed by atoms with Gasteiger partial charge in [-0.05, 0) is 20.3 Å². The van der Waals surface area contributed by atoms with Gasteiger partial charge in [0, 0.05) is 6.08 Å². The maximum atomic E-state index is 11.4. The number of carbonyl (C=O) groups excluding carboxylic acids is 2. The lowest BCUT2D eigenvalue weighted by atomic mass is 10.00. The average Bonchev–Trinajstić information content (AvgIpc) is 2.54. The quantitative estimate of drug-likeness (QED) is 0.455. The smallest absolute Gasteiger partial charge is 0.420 e. The number of halogens is 1. The van der Waals surface area contributed by atoms with Crippen molar-refractivity contribution in [3.05, 3.63) is 11.6 Å². The zero-order chi connectivity index (χ0) is 13.1. The summed E-state index contributed by atoms with van der Waals surface area (Å²) in [6, 6.07) is 0. The lowest BCUT2D eigenvalue weighted by Crippen LogP contribution is -2.45. The number of ether oxygens (including phenoxy) is 2. The van der Waals surface area contributed by atoms with Crippen molar-refractivity contribution >= 4 is 28.2 Å². The predicted molar refractivity (Wildman–Crippen MR) is 65.5 cm³/mol. The van der Waals surface area contributed by atoms with Gasteiger partial charge >= 0.3 is 12.1 Å². The van der Waals surface area contributed by atoms with Crippen LogP contribution < -0.4 is 0 Å². The van der Waals surface area contributed by atoms with E-state index in [1.54, 1.807) is 0 Å². The van der Waals surface area contributed by atoms with Crippen molar-refractivity contribution in [2.45, 2.75) is 32.7 Å². The van der Waals surface area contributed by atoms with Gasteiger partial charge in [0.15, 0.2) is 0 Å². The Morgan fingerprint density at radius 3 is 2.71 bits per heavy atom. The molecule has 1 aliphatic rings. The van der Waals surface area contributed by atoms with Crippen molar-refractivity contribution in [2.24, 2.45) is 0 Å². The number of allylic oxidation sites excluding steroid dienone is 1. The molecule has 1 atom stereocenters. The van der Waals surface area contributed by atoms with E-state index in [0.29, 0.717) is 6.42 Å². The van der Waals surface area contributed by atoms with Crippen LogP contribution in [-0.4, -0.2) is 34.7 Å². The third-order valence-corrected chi connectivity index (χ3v) is 3.63. The van der Waals surface area contributed by atoms with Gasteiger partial charge in [0.2, 0.25) is 0 Å². The molecule has 0 aliphatic carbocycles. The van der Waals surface area contributed by atoms with Crippen LogP contribution in [0, 0.1) is 0 Å². The molecule has 1 unspecified atom stereocenters. The number of hydrogen-bond donors (Lipinski definition) is 0. The monoisotopic (exact) mass is 305 g/mol. The van der Waals surface area contributed by atoms with Crippen LogP contribution in [0.5, 0.6) is 0 Å². The van der Waals surface area contributed by atoms with Crippen LogP contribution in [0.15, 0.2) is 11.6 Å². The fraction of sp³-hybridized carbons (Fsp3) is 0.636. The van der Waals surface area contributed by atoms with E-state index in [1.165, 1.54) is 10.0 Å². The molecule has 0 aromatic rings. The zero-order valence-corrected chi connectivity index (χ0v) is 11.7. The van der Waals surface area contributed by atoms with Gasteiger partial charge in [-0.25, -0.2) is 13.5 Å². The molecule has 96 valence electrons. The fourth-order valence-electron chi connectivity index (χ4n) is 1.43. The number of amides is 1. The van der Waals surface area contributed by atoms with Gasteiger partial charge in [-0.2, -0.15) is 0 Å². The number of esters is 1. The minimum Gasteiger partial charge on any atom is -0.460 e. The molecular weight excluding hydrogens is 290 g/mol. The molecule has 1 rings (SSSR count). The Morgan fingerprint density at radius 1 is 1.65 bits per heavy atom. The van der Waals surface area contributed by atoms with E-state index in [1.807, 2.05) is 20.8 Å².